The topological polar surface area (TPSA) is 69.6 Å². The van der Waals surface area contributed by atoms with Gasteiger partial charge >= 0.3 is 0 Å². The van der Waals surface area contributed by atoms with Gasteiger partial charge in [-0.3, -0.25) is 4.98 Å². The molecule has 2 aliphatic heterocycles. The van der Waals surface area contributed by atoms with Crippen molar-refractivity contribution in [3.8, 4) is 17.1 Å². The van der Waals surface area contributed by atoms with E-state index >= 15 is 0 Å². The van der Waals surface area contributed by atoms with Crippen LogP contribution >= 0.6 is 0 Å². The van der Waals surface area contributed by atoms with Crippen LogP contribution in [0.15, 0.2) is 42.7 Å². The fraction of sp³-hybridized carbons (Fsp3) is 0.381. The van der Waals surface area contributed by atoms with Crippen LogP contribution in [0.4, 0.5) is 5.69 Å². The Labute approximate surface area is 163 Å². The van der Waals surface area contributed by atoms with Crippen molar-refractivity contribution in [1.29, 1.82) is 0 Å². The lowest BCUT2D eigenvalue weighted by molar-refractivity contribution is 0.122. The zero-order chi connectivity index (χ0) is 18.8. The van der Waals surface area contributed by atoms with Gasteiger partial charge in [-0.25, -0.2) is 9.97 Å². The van der Waals surface area contributed by atoms with Crippen molar-refractivity contribution in [1.82, 2.24) is 15.0 Å². The predicted octanol–water partition coefficient (Wildman–Crippen LogP) is 2.70. The van der Waals surface area contributed by atoms with Gasteiger partial charge in [0.05, 0.1) is 37.6 Å². The van der Waals surface area contributed by atoms with E-state index in [4.69, 9.17) is 19.2 Å². The smallest absolute Gasteiger partial charge is 0.243 e. The van der Waals surface area contributed by atoms with Crippen molar-refractivity contribution in [3.05, 3.63) is 42.7 Å². The number of pyridine rings is 1. The second kappa shape index (κ2) is 7.69. The quantitative estimate of drug-likeness (QED) is 0.691. The first kappa shape index (κ1) is 17.3. The number of hydrogen-bond donors (Lipinski definition) is 0. The summed E-state index contributed by atoms with van der Waals surface area (Å²) >= 11 is 0. The number of nitrogens with zero attached hydrogens (tertiary/aromatic N) is 4. The van der Waals surface area contributed by atoms with Gasteiger partial charge in [0.2, 0.25) is 5.88 Å². The summed E-state index contributed by atoms with van der Waals surface area (Å²) in [5, 5.41) is 0. The van der Waals surface area contributed by atoms with E-state index in [-0.39, 0.29) is 6.10 Å². The van der Waals surface area contributed by atoms with Gasteiger partial charge in [-0.2, -0.15) is 0 Å². The molecular weight excluding hydrogens is 356 g/mol. The van der Waals surface area contributed by atoms with Gasteiger partial charge in [0.1, 0.15) is 6.10 Å². The third-order valence-corrected chi connectivity index (χ3v) is 5.13. The summed E-state index contributed by atoms with van der Waals surface area (Å²) in [4.78, 5) is 16.0. The number of fused-ring (bicyclic) bond motifs is 1. The van der Waals surface area contributed by atoms with Crippen molar-refractivity contribution in [2.24, 2.45) is 0 Å². The van der Waals surface area contributed by atoms with E-state index in [2.05, 4.69) is 39.1 Å². The van der Waals surface area contributed by atoms with Crippen LogP contribution in [0.1, 0.15) is 6.42 Å². The monoisotopic (exact) mass is 378 g/mol. The van der Waals surface area contributed by atoms with Crippen LogP contribution in [0.3, 0.4) is 0 Å². The minimum Gasteiger partial charge on any atom is -0.470 e. The van der Waals surface area contributed by atoms with Crippen LogP contribution in [0.25, 0.3) is 22.3 Å². The maximum atomic E-state index is 6.11. The van der Waals surface area contributed by atoms with Crippen molar-refractivity contribution in [2.75, 3.05) is 44.4 Å². The standard InChI is InChI=1S/C21H22N4O3/c1-3-16(25-8-11-26-12-9-25)4-2-15(1)18-13-19-20(23-7-6-22-19)21(24-18)28-17-5-10-27-14-17/h1-4,6-7,13,17H,5,8-12,14H2/t17-/m1/s1. The number of benzene rings is 1. The molecule has 7 nitrogen and oxygen atoms in total. The van der Waals surface area contributed by atoms with Crippen LogP contribution in [-0.2, 0) is 9.47 Å². The number of ether oxygens (including phenoxy) is 3. The maximum absolute atomic E-state index is 6.11. The molecule has 0 unspecified atom stereocenters. The normalized spacial score (nSPS) is 19.9. The molecule has 0 radical (unpaired) electrons. The van der Waals surface area contributed by atoms with E-state index in [0.29, 0.717) is 18.0 Å². The molecule has 2 aliphatic rings. The Morgan fingerprint density at radius 1 is 0.964 bits per heavy atom. The van der Waals surface area contributed by atoms with E-state index in [0.717, 1.165) is 56.1 Å². The summed E-state index contributed by atoms with van der Waals surface area (Å²) in [6.45, 7) is 4.70. The fourth-order valence-electron chi connectivity index (χ4n) is 3.60. The molecule has 0 bridgehead atoms. The van der Waals surface area contributed by atoms with E-state index in [1.807, 2.05) is 6.07 Å². The first-order valence-electron chi connectivity index (χ1n) is 9.66. The van der Waals surface area contributed by atoms with Crippen LogP contribution in [0, 0.1) is 0 Å². The molecule has 0 amide bonds. The minimum absolute atomic E-state index is 0.0108. The van der Waals surface area contributed by atoms with Gasteiger partial charge < -0.3 is 19.1 Å². The lowest BCUT2D eigenvalue weighted by atomic mass is 10.1. The molecular formula is C21H22N4O3. The van der Waals surface area contributed by atoms with Crippen LogP contribution in [-0.4, -0.2) is 60.6 Å². The van der Waals surface area contributed by atoms with E-state index in [1.54, 1.807) is 12.4 Å². The number of hydrogen-bond acceptors (Lipinski definition) is 7. The Kier molecular flexibility index (Phi) is 4.76. The summed E-state index contributed by atoms with van der Waals surface area (Å²) in [6, 6.07) is 10.4. The number of anilines is 1. The first-order valence-corrected chi connectivity index (χ1v) is 9.66. The van der Waals surface area contributed by atoms with Gasteiger partial charge in [-0.1, -0.05) is 12.1 Å². The lowest BCUT2D eigenvalue weighted by Gasteiger charge is -2.28. The highest BCUT2D eigenvalue weighted by atomic mass is 16.5. The average Bonchev–Trinajstić information content (AvgIpc) is 3.27. The third kappa shape index (κ3) is 3.50. The van der Waals surface area contributed by atoms with Gasteiger partial charge in [0.25, 0.3) is 0 Å². The number of rotatable bonds is 4. The van der Waals surface area contributed by atoms with E-state index in [1.165, 1.54) is 5.69 Å². The van der Waals surface area contributed by atoms with Gasteiger partial charge in [0, 0.05) is 43.2 Å². The molecule has 2 saturated heterocycles. The van der Waals surface area contributed by atoms with Crippen LogP contribution < -0.4 is 9.64 Å². The molecule has 1 atom stereocenters. The first-order chi connectivity index (χ1) is 13.9. The zero-order valence-corrected chi connectivity index (χ0v) is 15.6. The van der Waals surface area contributed by atoms with Gasteiger partial charge in [0.15, 0.2) is 5.52 Å². The summed E-state index contributed by atoms with van der Waals surface area (Å²) in [5.41, 5.74) is 4.52. The summed E-state index contributed by atoms with van der Waals surface area (Å²) in [6.07, 6.45) is 4.23. The second-order valence-corrected chi connectivity index (χ2v) is 6.99. The second-order valence-electron chi connectivity index (χ2n) is 6.99. The summed E-state index contributed by atoms with van der Waals surface area (Å²) in [7, 11) is 0. The molecule has 2 fully saturated rings. The third-order valence-electron chi connectivity index (χ3n) is 5.13. The average molecular weight is 378 g/mol. The molecule has 28 heavy (non-hydrogen) atoms. The molecule has 0 aliphatic carbocycles. The van der Waals surface area contributed by atoms with E-state index in [9.17, 15) is 0 Å². The molecule has 4 heterocycles. The molecule has 3 aromatic rings. The minimum atomic E-state index is 0.0108. The Balaban J connectivity index is 1.47. The highest BCUT2D eigenvalue weighted by molar-refractivity contribution is 5.83. The highest BCUT2D eigenvalue weighted by Gasteiger charge is 2.20. The van der Waals surface area contributed by atoms with Crippen LogP contribution in [0.2, 0.25) is 0 Å². The SMILES string of the molecule is c1cnc2c(O[C@@H]3CCOC3)nc(-c3ccc(N4CCOCC4)cc3)cc2n1. The highest BCUT2D eigenvalue weighted by Crippen LogP contribution is 2.29. The molecule has 0 N–H and O–H groups in total. The largest absolute Gasteiger partial charge is 0.470 e. The predicted molar refractivity (Wildman–Crippen MR) is 106 cm³/mol. The number of aromatic nitrogens is 3. The fourth-order valence-corrected chi connectivity index (χ4v) is 3.60. The summed E-state index contributed by atoms with van der Waals surface area (Å²) < 4.78 is 17.0. The maximum Gasteiger partial charge on any atom is 0.243 e. The Bertz CT molecular complexity index is 952. The van der Waals surface area contributed by atoms with Gasteiger partial charge in [-0.15, -0.1) is 0 Å². The molecule has 1 aromatic carbocycles. The Hall–Kier alpha value is -2.77. The molecule has 0 spiro atoms. The van der Waals surface area contributed by atoms with Crippen molar-refractivity contribution < 1.29 is 14.2 Å². The molecule has 0 saturated carbocycles. The Morgan fingerprint density at radius 2 is 1.79 bits per heavy atom. The van der Waals surface area contributed by atoms with E-state index < -0.39 is 0 Å². The Morgan fingerprint density at radius 3 is 2.57 bits per heavy atom. The number of morpholine rings is 1. The molecule has 7 heteroatoms. The summed E-state index contributed by atoms with van der Waals surface area (Å²) in [5.74, 6) is 0.522. The molecule has 144 valence electrons. The molecule has 5 rings (SSSR count). The van der Waals surface area contributed by atoms with Crippen molar-refractivity contribution >= 4 is 16.7 Å². The van der Waals surface area contributed by atoms with Crippen LogP contribution in [0.5, 0.6) is 5.88 Å². The van der Waals surface area contributed by atoms with Crippen molar-refractivity contribution in [3.63, 3.8) is 0 Å². The zero-order valence-electron chi connectivity index (χ0n) is 15.6. The lowest BCUT2D eigenvalue weighted by Crippen LogP contribution is -2.36. The van der Waals surface area contributed by atoms with Gasteiger partial charge in [-0.05, 0) is 18.2 Å². The van der Waals surface area contributed by atoms with Crippen molar-refractivity contribution in [2.45, 2.75) is 12.5 Å². The molecule has 2 aromatic heterocycles.